The largest absolute Gasteiger partial charge is 0.431 e. The number of fused-ring (bicyclic) bond motifs is 2. The van der Waals surface area contributed by atoms with Gasteiger partial charge in [0.2, 0.25) is 5.91 Å². The number of nitrogens with zero attached hydrogens (tertiary/aromatic N) is 3. The van der Waals surface area contributed by atoms with Gasteiger partial charge in [0.1, 0.15) is 11.3 Å². The third kappa shape index (κ3) is 4.49. The molecule has 4 rings (SSSR count). The zero-order valence-electron chi connectivity index (χ0n) is 16.2. The third-order valence-corrected chi connectivity index (χ3v) is 5.55. The Balaban J connectivity index is 1.49. The molecule has 154 valence electrons. The minimum atomic E-state index is -0.253. The minimum absolute atomic E-state index is 0.0852. The number of amides is 1. The van der Waals surface area contributed by atoms with Gasteiger partial charge in [-0.2, -0.15) is 0 Å². The van der Waals surface area contributed by atoms with Crippen molar-refractivity contribution in [3.8, 4) is 0 Å². The van der Waals surface area contributed by atoms with E-state index in [0.29, 0.717) is 39.1 Å². The van der Waals surface area contributed by atoms with Crippen LogP contribution in [-0.2, 0) is 11.3 Å². The molecule has 1 amide bonds. The van der Waals surface area contributed by atoms with Crippen LogP contribution >= 0.6 is 23.4 Å². The first-order valence-electron chi connectivity index (χ1n) is 9.48. The Kier molecular flexibility index (Phi) is 6.06. The summed E-state index contributed by atoms with van der Waals surface area (Å²) >= 11 is 7.27. The maximum absolute atomic E-state index is 12.8. The Bertz CT molecular complexity index is 1240. The van der Waals surface area contributed by atoms with Crippen molar-refractivity contribution >= 4 is 51.3 Å². The molecule has 2 aromatic carbocycles. The van der Waals surface area contributed by atoms with Gasteiger partial charge in [-0.1, -0.05) is 42.4 Å². The zero-order valence-corrected chi connectivity index (χ0v) is 17.8. The van der Waals surface area contributed by atoms with Gasteiger partial charge in [0.15, 0.2) is 5.58 Å². The molecule has 0 bridgehead atoms. The van der Waals surface area contributed by atoms with Crippen LogP contribution in [0.25, 0.3) is 22.0 Å². The number of para-hydroxylation sites is 2. The van der Waals surface area contributed by atoms with E-state index >= 15 is 0 Å². The molecule has 0 unspecified atom stereocenters. The van der Waals surface area contributed by atoms with Crippen LogP contribution in [0.1, 0.15) is 19.2 Å². The van der Waals surface area contributed by atoms with Gasteiger partial charge in [0.25, 0.3) is 10.8 Å². The third-order valence-electron chi connectivity index (χ3n) is 4.50. The summed E-state index contributed by atoms with van der Waals surface area (Å²) < 4.78 is 5.66. The summed E-state index contributed by atoms with van der Waals surface area (Å²) in [6, 6.07) is 12.4. The van der Waals surface area contributed by atoms with Gasteiger partial charge in [-0.25, -0.2) is 9.97 Å². The molecule has 9 heteroatoms. The molecule has 0 aliphatic rings. The quantitative estimate of drug-likeness (QED) is 0.430. The van der Waals surface area contributed by atoms with Crippen molar-refractivity contribution in [3.63, 3.8) is 0 Å². The number of rotatable bonds is 7. The Hall–Kier alpha value is -2.84. The number of aromatic nitrogens is 3. The molecule has 0 aliphatic carbocycles. The first-order chi connectivity index (χ1) is 14.5. The van der Waals surface area contributed by atoms with Gasteiger partial charge in [-0.15, -0.1) is 0 Å². The predicted molar refractivity (Wildman–Crippen MR) is 118 cm³/mol. The lowest BCUT2D eigenvalue weighted by atomic mass is 10.2. The van der Waals surface area contributed by atoms with Crippen LogP contribution < -0.4 is 5.56 Å². The van der Waals surface area contributed by atoms with Crippen LogP contribution in [0.3, 0.4) is 0 Å². The van der Waals surface area contributed by atoms with Crippen LogP contribution in [-0.4, -0.2) is 38.1 Å². The average Bonchev–Trinajstić information content (AvgIpc) is 3.14. The van der Waals surface area contributed by atoms with Crippen molar-refractivity contribution in [2.24, 2.45) is 0 Å². The Morgan fingerprint density at radius 3 is 2.83 bits per heavy atom. The predicted octanol–water partition coefficient (Wildman–Crippen LogP) is 4.25. The molecule has 2 aromatic heterocycles. The van der Waals surface area contributed by atoms with Crippen LogP contribution in [0.5, 0.6) is 0 Å². The fraction of sp³-hybridized carbons (Fsp3) is 0.238. The molecule has 7 nitrogen and oxygen atoms in total. The van der Waals surface area contributed by atoms with Crippen molar-refractivity contribution < 1.29 is 9.21 Å². The number of oxazole rings is 1. The second kappa shape index (κ2) is 8.89. The Morgan fingerprint density at radius 2 is 2.03 bits per heavy atom. The SMILES string of the molecule is CCCN(Cc1nc2cc(Cl)ccc2c(=O)[nH]1)C(=O)CSc1nc2ccccc2o1. The van der Waals surface area contributed by atoms with E-state index in [9.17, 15) is 9.59 Å². The van der Waals surface area contributed by atoms with Crippen molar-refractivity contribution in [1.82, 2.24) is 19.9 Å². The van der Waals surface area contributed by atoms with Crippen LogP contribution in [0.2, 0.25) is 5.02 Å². The van der Waals surface area contributed by atoms with Gasteiger partial charge in [0.05, 0.1) is 23.2 Å². The van der Waals surface area contributed by atoms with Gasteiger partial charge in [0, 0.05) is 11.6 Å². The summed E-state index contributed by atoms with van der Waals surface area (Å²) in [6.07, 6.45) is 0.781. The summed E-state index contributed by atoms with van der Waals surface area (Å²) in [4.78, 5) is 38.5. The minimum Gasteiger partial charge on any atom is -0.431 e. The molecule has 1 N–H and O–H groups in total. The highest BCUT2D eigenvalue weighted by molar-refractivity contribution is 7.99. The number of H-pyrrole nitrogens is 1. The summed E-state index contributed by atoms with van der Waals surface area (Å²) in [7, 11) is 0. The van der Waals surface area contributed by atoms with E-state index < -0.39 is 0 Å². The fourth-order valence-corrected chi connectivity index (χ4v) is 4.01. The number of benzene rings is 2. The number of hydrogen-bond acceptors (Lipinski definition) is 6. The molecule has 2 heterocycles. The van der Waals surface area contributed by atoms with Crippen molar-refractivity contribution in [2.75, 3.05) is 12.3 Å². The lowest BCUT2D eigenvalue weighted by molar-refractivity contribution is -0.129. The average molecular weight is 443 g/mol. The molecule has 0 saturated heterocycles. The normalized spacial score (nSPS) is 11.3. The smallest absolute Gasteiger partial charge is 0.258 e. The monoisotopic (exact) mass is 442 g/mol. The first-order valence-corrected chi connectivity index (χ1v) is 10.8. The first kappa shape index (κ1) is 20.4. The van der Waals surface area contributed by atoms with E-state index in [0.717, 1.165) is 11.9 Å². The second-order valence-electron chi connectivity index (χ2n) is 6.73. The number of aromatic amines is 1. The van der Waals surface area contributed by atoms with Crippen molar-refractivity contribution in [3.05, 3.63) is 63.7 Å². The van der Waals surface area contributed by atoms with Crippen molar-refractivity contribution in [2.45, 2.75) is 25.1 Å². The highest BCUT2D eigenvalue weighted by atomic mass is 35.5. The second-order valence-corrected chi connectivity index (χ2v) is 8.09. The van der Waals surface area contributed by atoms with E-state index in [-0.39, 0.29) is 23.8 Å². The standard InChI is InChI=1S/C21H19ClN4O3S/c1-2-9-26(11-18-23-16-10-13(22)7-8-14(16)20(28)25-18)19(27)12-30-21-24-15-5-3-4-6-17(15)29-21/h3-8,10H,2,9,11-12H2,1H3,(H,23,25,28). The number of nitrogens with one attached hydrogen (secondary N) is 1. The molecule has 0 aliphatic heterocycles. The number of hydrogen-bond donors (Lipinski definition) is 1. The molecule has 0 atom stereocenters. The lowest BCUT2D eigenvalue weighted by Gasteiger charge is -2.21. The molecule has 0 fully saturated rings. The van der Waals surface area contributed by atoms with E-state index in [1.165, 1.54) is 11.8 Å². The molecule has 0 radical (unpaired) electrons. The highest BCUT2D eigenvalue weighted by Crippen LogP contribution is 2.23. The maximum Gasteiger partial charge on any atom is 0.258 e. The molecule has 0 spiro atoms. The van der Waals surface area contributed by atoms with Crippen LogP contribution in [0, 0.1) is 0 Å². The highest BCUT2D eigenvalue weighted by Gasteiger charge is 2.17. The van der Waals surface area contributed by atoms with E-state index in [1.807, 2.05) is 31.2 Å². The number of carbonyl (C=O) groups is 1. The van der Waals surface area contributed by atoms with Gasteiger partial charge < -0.3 is 14.3 Å². The zero-order chi connectivity index (χ0) is 21.1. The number of halogens is 1. The summed E-state index contributed by atoms with van der Waals surface area (Å²) in [6.45, 7) is 2.74. The summed E-state index contributed by atoms with van der Waals surface area (Å²) in [5.74, 6) is 0.512. The molecule has 30 heavy (non-hydrogen) atoms. The van der Waals surface area contributed by atoms with E-state index in [1.54, 1.807) is 23.1 Å². The van der Waals surface area contributed by atoms with E-state index in [4.69, 9.17) is 16.0 Å². The number of thioether (sulfide) groups is 1. The molecular weight excluding hydrogens is 424 g/mol. The molecule has 0 saturated carbocycles. The van der Waals surface area contributed by atoms with Crippen LogP contribution in [0.4, 0.5) is 0 Å². The maximum atomic E-state index is 12.8. The molecule has 4 aromatic rings. The van der Waals surface area contributed by atoms with Gasteiger partial charge in [-0.05, 0) is 36.8 Å². The fourth-order valence-electron chi connectivity index (χ4n) is 3.11. The number of carbonyl (C=O) groups excluding carboxylic acids is 1. The Morgan fingerprint density at radius 1 is 1.20 bits per heavy atom. The van der Waals surface area contributed by atoms with E-state index in [2.05, 4.69) is 15.0 Å². The Labute approximate surface area is 181 Å². The summed E-state index contributed by atoms with van der Waals surface area (Å²) in [5, 5.41) is 1.42. The topological polar surface area (TPSA) is 92.1 Å². The van der Waals surface area contributed by atoms with Crippen LogP contribution in [0.15, 0.2) is 56.9 Å². The summed E-state index contributed by atoms with van der Waals surface area (Å²) in [5.41, 5.74) is 1.70. The molecular formula is C21H19ClN4O3S. The van der Waals surface area contributed by atoms with Crippen molar-refractivity contribution in [1.29, 1.82) is 0 Å². The van der Waals surface area contributed by atoms with Gasteiger partial charge in [-0.3, -0.25) is 9.59 Å². The van der Waals surface area contributed by atoms with Gasteiger partial charge >= 0.3 is 0 Å². The lowest BCUT2D eigenvalue weighted by Crippen LogP contribution is -2.34.